The van der Waals surface area contributed by atoms with Crippen LogP contribution in [0.4, 0.5) is 0 Å². The van der Waals surface area contributed by atoms with Gasteiger partial charge in [-0.15, -0.1) is 6.58 Å². The lowest BCUT2D eigenvalue weighted by molar-refractivity contribution is 0.0983. The minimum absolute atomic E-state index is 0.199. The second-order valence-electron chi connectivity index (χ2n) is 4.07. The van der Waals surface area contributed by atoms with Crippen molar-refractivity contribution in [3.05, 3.63) is 12.7 Å². The molecule has 0 saturated carbocycles. The average Bonchev–Trinajstić information content (AvgIpc) is 2.30. The third kappa shape index (κ3) is 3.88. The Labute approximate surface area is 98.3 Å². The molecule has 0 aromatic carbocycles. The van der Waals surface area contributed by atoms with E-state index in [-0.39, 0.29) is 5.75 Å². The lowest BCUT2D eigenvalue weighted by Gasteiger charge is -2.30. The molecule has 0 radical (unpaired) electrons. The Bertz CT molecular complexity index is 305. The Balaban J connectivity index is 2.31. The number of ether oxygens (including phenoxy) is 1. The van der Waals surface area contributed by atoms with E-state index in [4.69, 9.17) is 4.74 Å². The van der Waals surface area contributed by atoms with Crippen molar-refractivity contribution < 1.29 is 13.2 Å². The third-order valence-electron chi connectivity index (χ3n) is 2.92. The minimum atomic E-state index is -2.99. The third-order valence-corrected chi connectivity index (χ3v) is 4.80. The molecule has 1 fully saturated rings. The Hall–Kier alpha value is -0.390. The summed E-state index contributed by atoms with van der Waals surface area (Å²) in [5.74, 6) is 0.688. The quantitative estimate of drug-likeness (QED) is 0.524. The van der Waals surface area contributed by atoms with E-state index in [1.54, 1.807) is 17.3 Å². The Kier molecular flexibility index (Phi) is 5.44. The molecule has 0 atom stereocenters. The van der Waals surface area contributed by atoms with Gasteiger partial charge in [-0.1, -0.05) is 6.08 Å². The molecule has 5 heteroatoms. The van der Waals surface area contributed by atoms with Crippen LogP contribution in [-0.2, 0) is 14.8 Å². The van der Waals surface area contributed by atoms with Gasteiger partial charge in [0.1, 0.15) is 0 Å². The van der Waals surface area contributed by atoms with Crippen molar-refractivity contribution in [2.45, 2.75) is 19.8 Å². The number of hydrogen-bond acceptors (Lipinski definition) is 3. The van der Waals surface area contributed by atoms with Gasteiger partial charge in [0.15, 0.2) is 0 Å². The molecule has 0 N–H and O–H groups in total. The van der Waals surface area contributed by atoms with Crippen molar-refractivity contribution in [2.75, 3.05) is 32.1 Å². The lowest BCUT2D eigenvalue weighted by atomic mass is 9.99. The van der Waals surface area contributed by atoms with Crippen LogP contribution in [0.3, 0.4) is 0 Å². The molecular weight excluding hydrogens is 226 g/mol. The molecule has 16 heavy (non-hydrogen) atoms. The fourth-order valence-electron chi connectivity index (χ4n) is 1.85. The predicted octanol–water partition coefficient (Wildman–Crippen LogP) is 1.25. The Morgan fingerprint density at radius 3 is 2.56 bits per heavy atom. The molecule has 0 aromatic rings. The van der Waals surface area contributed by atoms with Crippen LogP contribution in [-0.4, -0.2) is 44.8 Å². The van der Waals surface area contributed by atoms with Crippen LogP contribution in [0.5, 0.6) is 0 Å². The van der Waals surface area contributed by atoms with Crippen molar-refractivity contribution in [2.24, 2.45) is 5.92 Å². The van der Waals surface area contributed by atoms with Crippen LogP contribution in [0.2, 0.25) is 0 Å². The molecule has 94 valence electrons. The maximum absolute atomic E-state index is 11.6. The summed E-state index contributed by atoms with van der Waals surface area (Å²) < 4.78 is 30.2. The molecule has 0 aromatic heterocycles. The van der Waals surface area contributed by atoms with Gasteiger partial charge in [0, 0.05) is 19.7 Å². The van der Waals surface area contributed by atoms with Gasteiger partial charge in [-0.05, 0) is 25.7 Å². The van der Waals surface area contributed by atoms with Crippen LogP contribution >= 0.6 is 0 Å². The van der Waals surface area contributed by atoms with Crippen molar-refractivity contribution in [1.82, 2.24) is 4.31 Å². The van der Waals surface area contributed by atoms with Crippen LogP contribution < -0.4 is 0 Å². The monoisotopic (exact) mass is 247 g/mol. The first-order chi connectivity index (χ1) is 7.60. The summed E-state index contributed by atoms with van der Waals surface area (Å²) >= 11 is 0. The molecule has 0 unspecified atom stereocenters. The molecule has 0 bridgehead atoms. The molecule has 1 saturated heterocycles. The standard InChI is InChI=1S/C11H21NO3S/c1-3-9-15-10-11-5-7-12(8-6-11)16(13,14)4-2/h3,11H,1,4-10H2,2H3. The van der Waals surface area contributed by atoms with Gasteiger partial charge in [0.25, 0.3) is 0 Å². The van der Waals surface area contributed by atoms with Crippen molar-refractivity contribution >= 4 is 10.0 Å². The van der Waals surface area contributed by atoms with Crippen LogP contribution in [0.1, 0.15) is 19.8 Å². The number of piperidine rings is 1. The zero-order valence-corrected chi connectivity index (χ0v) is 10.7. The SMILES string of the molecule is C=CCOCC1CCN(S(=O)(=O)CC)CC1. The van der Waals surface area contributed by atoms with E-state index in [0.29, 0.717) is 32.2 Å². The highest BCUT2D eigenvalue weighted by Gasteiger charge is 2.26. The largest absolute Gasteiger partial charge is 0.377 e. The molecule has 0 aliphatic carbocycles. The van der Waals surface area contributed by atoms with Gasteiger partial charge in [0.05, 0.1) is 12.4 Å². The fraction of sp³-hybridized carbons (Fsp3) is 0.818. The van der Waals surface area contributed by atoms with Gasteiger partial charge in [0.2, 0.25) is 10.0 Å². The minimum Gasteiger partial charge on any atom is -0.377 e. The zero-order valence-electron chi connectivity index (χ0n) is 9.89. The zero-order chi connectivity index (χ0) is 12.0. The highest BCUT2D eigenvalue weighted by Crippen LogP contribution is 2.19. The van der Waals surface area contributed by atoms with Gasteiger partial charge in [-0.3, -0.25) is 0 Å². The molecule has 0 spiro atoms. The number of hydrogen-bond donors (Lipinski definition) is 0. The summed E-state index contributed by atoms with van der Waals surface area (Å²) in [6.07, 6.45) is 3.53. The summed E-state index contributed by atoms with van der Waals surface area (Å²) in [4.78, 5) is 0. The summed E-state index contributed by atoms with van der Waals surface area (Å²) in [5, 5.41) is 0. The summed E-state index contributed by atoms with van der Waals surface area (Å²) in [5.41, 5.74) is 0. The first-order valence-electron chi connectivity index (χ1n) is 5.76. The van der Waals surface area contributed by atoms with Crippen LogP contribution in [0.25, 0.3) is 0 Å². The first-order valence-corrected chi connectivity index (χ1v) is 7.37. The first kappa shape index (κ1) is 13.7. The number of rotatable bonds is 6. The van der Waals surface area contributed by atoms with E-state index >= 15 is 0 Å². The summed E-state index contributed by atoms with van der Waals surface area (Å²) in [7, 11) is -2.99. The second-order valence-corrected chi connectivity index (χ2v) is 6.33. The van der Waals surface area contributed by atoms with Gasteiger partial charge < -0.3 is 4.74 Å². The molecule has 1 aliphatic rings. The lowest BCUT2D eigenvalue weighted by Crippen LogP contribution is -2.40. The maximum atomic E-state index is 11.6. The van der Waals surface area contributed by atoms with E-state index in [2.05, 4.69) is 6.58 Å². The topological polar surface area (TPSA) is 46.6 Å². The maximum Gasteiger partial charge on any atom is 0.213 e. The summed E-state index contributed by atoms with van der Waals surface area (Å²) in [6, 6.07) is 0. The van der Waals surface area contributed by atoms with Crippen LogP contribution in [0, 0.1) is 5.92 Å². The number of sulfonamides is 1. The molecule has 1 rings (SSSR count). The van der Waals surface area contributed by atoms with Gasteiger partial charge in [-0.25, -0.2) is 12.7 Å². The molecule has 0 amide bonds. The van der Waals surface area contributed by atoms with Gasteiger partial charge in [-0.2, -0.15) is 0 Å². The van der Waals surface area contributed by atoms with Crippen LogP contribution in [0.15, 0.2) is 12.7 Å². The molecule has 4 nitrogen and oxygen atoms in total. The van der Waals surface area contributed by atoms with E-state index in [9.17, 15) is 8.42 Å². The molecule has 1 heterocycles. The average molecular weight is 247 g/mol. The van der Waals surface area contributed by atoms with Crippen molar-refractivity contribution in [3.8, 4) is 0 Å². The fourth-order valence-corrected chi connectivity index (χ4v) is 2.99. The Morgan fingerprint density at radius 2 is 2.06 bits per heavy atom. The highest BCUT2D eigenvalue weighted by atomic mass is 32.2. The van der Waals surface area contributed by atoms with Crippen molar-refractivity contribution in [1.29, 1.82) is 0 Å². The van der Waals surface area contributed by atoms with E-state index in [1.807, 2.05) is 0 Å². The van der Waals surface area contributed by atoms with E-state index < -0.39 is 10.0 Å². The highest BCUT2D eigenvalue weighted by molar-refractivity contribution is 7.89. The van der Waals surface area contributed by atoms with E-state index in [1.165, 1.54) is 0 Å². The summed E-state index contributed by atoms with van der Waals surface area (Å²) in [6.45, 7) is 7.84. The molecular formula is C11H21NO3S. The Morgan fingerprint density at radius 1 is 1.44 bits per heavy atom. The smallest absolute Gasteiger partial charge is 0.213 e. The van der Waals surface area contributed by atoms with Gasteiger partial charge >= 0.3 is 0 Å². The van der Waals surface area contributed by atoms with E-state index in [0.717, 1.165) is 12.8 Å². The molecule has 1 aliphatic heterocycles. The second kappa shape index (κ2) is 6.37. The normalized spacial score (nSPS) is 19.8. The van der Waals surface area contributed by atoms with Crippen molar-refractivity contribution in [3.63, 3.8) is 0 Å². The predicted molar refractivity (Wildman–Crippen MR) is 64.8 cm³/mol. The number of nitrogens with zero attached hydrogens (tertiary/aromatic N) is 1.